The summed E-state index contributed by atoms with van der Waals surface area (Å²) < 4.78 is 0. The quantitative estimate of drug-likeness (QED) is 0.806. The zero-order valence-corrected chi connectivity index (χ0v) is 11.0. The van der Waals surface area contributed by atoms with Gasteiger partial charge in [-0.05, 0) is 56.9 Å². The lowest BCUT2D eigenvalue weighted by molar-refractivity contribution is 0.949. The van der Waals surface area contributed by atoms with Gasteiger partial charge in [-0.15, -0.1) is 0 Å². The van der Waals surface area contributed by atoms with E-state index in [0.29, 0.717) is 0 Å². The SMILES string of the molecule is N#Cc1ccc(CS2(Br)CCCC2)cc1. The summed E-state index contributed by atoms with van der Waals surface area (Å²) in [6.07, 6.45) is 2.74. The monoisotopic (exact) mass is 283 g/mol. The Hall–Kier alpha value is -0.460. The van der Waals surface area contributed by atoms with E-state index in [2.05, 4.69) is 33.0 Å². The fraction of sp³-hybridized carbons (Fsp3) is 0.417. The number of halogens is 1. The summed E-state index contributed by atoms with van der Waals surface area (Å²) in [4.78, 5) is 0. The van der Waals surface area contributed by atoms with Crippen molar-refractivity contribution in [2.24, 2.45) is 0 Å². The number of nitriles is 1. The van der Waals surface area contributed by atoms with Crippen molar-refractivity contribution >= 4 is 23.3 Å². The molecule has 0 aromatic heterocycles. The maximum atomic E-state index is 8.71. The predicted octanol–water partition coefficient (Wildman–Crippen LogP) is 3.97. The fourth-order valence-electron chi connectivity index (χ4n) is 1.94. The molecule has 0 unspecified atom stereocenters. The second kappa shape index (κ2) is 4.59. The Morgan fingerprint density at radius 3 is 2.33 bits per heavy atom. The number of benzene rings is 1. The zero-order valence-electron chi connectivity index (χ0n) is 8.58. The molecule has 3 heteroatoms. The number of hydrogen-bond acceptors (Lipinski definition) is 1. The third kappa shape index (κ3) is 2.76. The minimum absolute atomic E-state index is 0.547. The van der Waals surface area contributed by atoms with Crippen molar-refractivity contribution in [1.82, 2.24) is 0 Å². The Balaban J connectivity index is 2.08. The van der Waals surface area contributed by atoms with Crippen LogP contribution < -0.4 is 0 Å². The van der Waals surface area contributed by atoms with Crippen LogP contribution >= 0.6 is 23.3 Å². The number of hydrogen-bond donors (Lipinski definition) is 0. The van der Waals surface area contributed by atoms with Gasteiger partial charge < -0.3 is 0 Å². The molecule has 80 valence electrons. The second-order valence-corrected chi connectivity index (χ2v) is 11.1. The molecule has 15 heavy (non-hydrogen) atoms. The molecule has 1 saturated heterocycles. The lowest BCUT2D eigenvalue weighted by Gasteiger charge is -2.27. The first kappa shape index (κ1) is 11.0. The summed E-state index contributed by atoms with van der Waals surface area (Å²) in [7, 11) is -0.547. The molecule has 0 amide bonds. The van der Waals surface area contributed by atoms with Crippen LogP contribution in [-0.4, -0.2) is 11.5 Å². The Morgan fingerprint density at radius 1 is 1.20 bits per heavy atom. The Bertz CT molecular complexity index is 374. The van der Waals surface area contributed by atoms with Gasteiger partial charge >= 0.3 is 0 Å². The van der Waals surface area contributed by atoms with Crippen LogP contribution in [0.25, 0.3) is 0 Å². The highest BCUT2D eigenvalue weighted by Gasteiger charge is 2.25. The zero-order chi connectivity index (χ0) is 10.7. The molecular formula is C12H14BrNS. The molecule has 0 atom stereocenters. The van der Waals surface area contributed by atoms with Gasteiger partial charge in [0.2, 0.25) is 0 Å². The van der Waals surface area contributed by atoms with Crippen molar-refractivity contribution in [2.75, 3.05) is 11.5 Å². The summed E-state index contributed by atoms with van der Waals surface area (Å²) in [6, 6.07) is 10.2. The minimum atomic E-state index is -0.547. The van der Waals surface area contributed by atoms with Gasteiger partial charge in [-0.25, -0.2) is 0 Å². The predicted molar refractivity (Wildman–Crippen MR) is 70.3 cm³/mol. The first-order valence-corrected chi connectivity index (χ1v) is 9.15. The summed E-state index contributed by atoms with van der Waals surface area (Å²) in [5.74, 6) is 3.87. The fourth-order valence-corrected chi connectivity index (χ4v) is 6.83. The average molecular weight is 284 g/mol. The largest absolute Gasteiger partial charge is 0.192 e. The van der Waals surface area contributed by atoms with Crippen LogP contribution in [-0.2, 0) is 5.75 Å². The lowest BCUT2D eigenvalue weighted by atomic mass is 10.2. The van der Waals surface area contributed by atoms with E-state index in [1.54, 1.807) is 0 Å². The first-order chi connectivity index (χ1) is 7.22. The Kier molecular flexibility index (Phi) is 3.38. The molecule has 1 nitrogen and oxygen atoms in total. The van der Waals surface area contributed by atoms with Crippen LogP contribution in [0.1, 0.15) is 24.0 Å². The molecule has 1 aliphatic heterocycles. The molecule has 0 spiro atoms. The van der Waals surface area contributed by atoms with Crippen LogP contribution in [0.15, 0.2) is 24.3 Å². The number of nitrogens with zero attached hydrogens (tertiary/aromatic N) is 1. The molecular weight excluding hydrogens is 270 g/mol. The molecule has 0 bridgehead atoms. The van der Waals surface area contributed by atoms with Crippen molar-refractivity contribution in [2.45, 2.75) is 18.6 Å². The smallest absolute Gasteiger partial charge is 0.0991 e. The maximum Gasteiger partial charge on any atom is 0.0991 e. The normalized spacial score (nSPS) is 20.8. The maximum absolute atomic E-state index is 8.71. The van der Waals surface area contributed by atoms with Crippen LogP contribution in [0, 0.1) is 11.3 Å². The summed E-state index contributed by atoms with van der Waals surface area (Å²) in [5.41, 5.74) is 2.12. The van der Waals surface area contributed by atoms with Gasteiger partial charge in [-0.2, -0.15) is 13.7 Å². The van der Waals surface area contributed by atoms with Crippen molar-refractivity contribution < 1.29 is 0 Å². The minimum Gasteiger partial charge on any atom is -0.192 e. The third-order valence-corrected chi connectivity index (χ3v) is 8.30. The standard InChI is InChI=1S/C12H14BrNS/c13-15(7-1-2-8-15)10-12-5-3-11(9-14)4-6-12/h3-6H,1-2,7-8,10H2. The van der Waals surface area contributed by atoms with Gasteiger partial charge in [-0.3, -0.25) is 0 Å². The van der Waals surface area contributed by atoms with E-state index in [4.69, 9.17) is 5.26 Å². The van der Waals surface area contributed by atoms with Crippen molar-refractivity contribution in [3.63, 3.8) is 0 Å². The summed E-state index contributed by atoms with van der Waals surface area (Å²) >= 11 is 3.94. The topological polar surface area (TPSA) is 23.8 Å². The number of rotatable bonds is 2. The van der Waals surface area contributed by atoms with Gasteiger partial charge in [0.25, 0.3) is 0 Å². The lowest BCUT2D eigenvalue weighted by Crippen LogP contribution is -1.97. The first-order valence-electron chi connectivity index (χ1n) is 5.17. The van der Waals surface area contributed by atoms with E-state index in [1.165, 1.54) is 35.7 Å². The molecule has 1 aromatic rings. The van der Waals surface area contributed by atoms with Crippen LogP contribution in [0.4, 0.5) is 0 Å². The Labute approximate surface area is 100 Å². The molecule has 0 N–H and O–H groups in total. The molecule has 1 aromatic carbocycles. The Morgan fingerprint density at radius 2 is 1.80 bits per heavy atom. The van der Waals surface area contributed by atoms with E-state index in [1.807, 2.05) is 12.1 Å². The highest BCUT2D eigenvalue weighted by molar-refractivity contribution is 9.58. The van der Waals surface area contributed by atoms with E-state index >= 15 is 0 Å². The van der Waals surface area contributed by atoms with Gasteiger partial charge in [0.15, 0.2) is 0 Å². The van der Waals surface area contributed by atoms with Gasteiger partial charge in [0.1, 0.15) is 0 Å². The molecule has 0 saturated carbocycles. The molecule has 0 aliphatic carbocycles. The van der Waals surface area contributed by atoms with Gasteiger partial charge in [0, 0.05) is 5.75 Å². The van der Waals surface area contributed by atoms with Crippen molar-refractivity contribution in [3.8, 4) is 6.07 Å². The molecule has 0 radical (unpaired) electrons. The van der Waals surface area contributed by atoms with Crippen LogP contribution in [0.5, 0.6) is 0 Å². The third-order valence-electron chi connectivity index (χ3n) is 2.78. The molecule has 1 heterocycles. The highest BCUT2D eigenvalue weighted by Crippen LogP contribution is 2.62. The van der Waals surface area contributed by atoms with E-state index < -0.39 is 8.46 Å². The van der Waals surface area contributed by atoms with Crippen LogP contribution in [0.3, 0.4) is 0 Å². The van der Waals surface area contributed by atoms with E-state index in [9.17, 15) is 0 Å². The van der Waals surface area contributed by atoms with Gasteiger partial charge in [-0.1, -0.05) is 12.1 Å². The highest BCUT2D eigenvalue weighted by atomic mass is 79.9. The van der Waals surface area contributed by atoms with Crippen LogP contribution in [0.2, 0.25) is 0 Å². The second-order valence-electron chi connectivity index (χ2n) is 4.01. The van der Waals surface area contributed by atoms with Crippen molar-refractivity contribution in [1.29, 1.82) is 5.26 Å². The molecule has 1 fully saturated rings. The molecule has 1 aliphatic rings. The molecule has 2 rings (SSSR count). The van der Waals surface area contributed by atoms with E-state index in [0.717, 1.165) is 5.56 Å². The summed E-state index contributed by atoms with van der Waals surface area (Å²) in [5, 5.41) is 8.71. The van der Waals surface area contributed by atoms with Crippen molar-refractivity contribution in [3.05, 3.63) is 35.4 Å². The summed E-state index contributed by atoms with van der Waals surface area (Å²) in [6.45, 7) is 0. The van der Waals surface area contributed by atoms with Gasteiger partial charge in [0.05, 0.1) is 11.6 Å². The van der Waals surface area contributed by atoms with E-state index in [-0.39, 0.29) is 0 Å². The average Bonchev–Trinajstić information content (AvgIpc) is 2.66.